The fourth-order valence-corrected chi connectivity index (χ4v) is 4.10. The third kappa shape index (κ3) is 2.79. The number of piperidine rings is 1. The summed E-state index contributed by atoms with van der Waals surface area (Å²) >= 11 is 0. The van der Waals surface area contributed by atoms with Crippen molar-refractivity contribution >= 4 is 17.4 Å². The first-order valence-corrected chi connectivity index (χ1v) is 9.28. The molecule has 0 spiro atoms. The smallest absolute Gasteiger partial charge is 0.266 e. The van der Waals surface area contributed by atoms with Crippen LogP contribution in [-0.4, -0.2) is 39.2 Å². The maximum Gasteiger partial charge on any atom is 0.266 e. The molecule has 0 bridgehead atoms. The number of hydrogen-bond acceptors (Lipinski definition) is 4. The monoisotopic (exact) mass is 352 g/mol. The average Bonchev–Trinajstić information content (AvgIpc) is 3.03. The van der Waals surface area contributed by atoms with Crippen molar-refractivity contribution in [3.63, 3.8) is 0 Å². The Bertz CT molecular complexity index is 891. The molecule has 2 atom stereocenters. The number of carbonyl (C=O) groups excluding carboxylic acids is 1. The molecule has 26 heavy (non-hydrogen) atoms. The molecule has 1 aromatic carbocycles. The van der Waals surface area contributed by atoms with E-state index in [-0.39, 0.29) is 23.6 Å². The van der Waals surface area contributed by atoms with E-state index >= 15 is 0 Å². The van der Waals surface area contributed by atoms with E-state index in [1.807, 2.05) is 28.0 Å². The van der Waals surface area contributed by atoms with E-state index in [0.29, 0.717) is 12.2 Å². The van der Waals surface area contributed by atoms with Gasteiger partial charge in [-0.25, -0.2) is 4.68 Å². The summed E-state index contributed by atoms with van der Waals surface area (Å²) in [7, 11) is 1.64. The van der Waals surface area contributed by atoms with Crippen LogP contribution < -0.4 is 10.5 Å². The first kappa shape index (κ1) is 16.8. The van der Waals surface area contributed by atoms with E-state index in [4.69, 9.17) is 0 Å². The number of aromatic nitrogens is 2. The number of nitrogens with zero attached hydrogens (tertiary/aromatic N) is 4. The highest BCUT2D eigenvalue weighted by molar-refractivity contribution is 5.91. The molecular formula is C20H24N4O2. The van der Waals surface area contributed by atoms with Gasteiger partial charge in [-0.15, -0.1) is 0 Å². The van der Waals surface area contributed by atoms with Crippen molar-refractivity contribution in [2.24, 2.45) is 7.05 Å². The molecule has 1 saturated heterocycles. The highest BCUT2D eigenvalue weighted by Crippen LogP contribution is 2.38. The minimum atomic E-state index is -0.307. The van der Waals surface area contributed by atoms with Crippen LogP contribution >= 0.6 is 0 Å². The zero-order valence-electron chi connectivity index (χ0n) is 15.3. The van der Waals surface area contributed by atoms with Gasteiger partial charge in [0, 0.05) is 37.8 Å². The van der Waals surface area contributed by atoms with E-state index in [0.717, 1.165) is 30.6 Å². The third-order valence-corrected chi connectivity index (χ3v) is 5.54. The van der Waals surface area contributed by atoms with E-state index < -0.39 is 0 Å². The SMILES string of the molecule is CC1CCCCN1C(=O)C1Cc2ccccc2N1c1ccc(=O)n(C)n1. The summed E-state index contributed by atoms with van der Waals surface area (Å²) in [6.45, 7) is 2.95. The number of carbonyl (C=O) groups is 1. The predicted molar refractivity (Wildman–Crippen MR) is 101 cm³/mol. The normalized spacial score (nSPS) is 22.4. The summed E-state index contributed by atoms with van der Waals surface area (Å²) in [6, 6.07) is 11.3. The first-order chi connectivity index (χ1) is 12.6. The number of rotatable bonds is 2. The largest absolute Gasteiger partial charge is 0.338 e. The zero-order chi connectivity index (χ0) is 18.3. The molecule has 2 unspecified atom stereocenters. The van der Waals surface area contributed by atoms with Gasteiger partial charge in [-0.1, -0.05) is 18.2 Å². The van der Waals surface area contributed by atoms with Gasteiger partial charge in [0.15, 0.2) is 5.82 Å². The predicted octanol–water partition coefficient (Wildman–Crippen LogP) is 2.24. The second-order valence-corrected chi connectivity index (χ2v) is 7.25. The Morgan fingerprint density at radius 3 is 2.73 bits per heavy atom. The van der Waals surface area contributed by atoms with E-state index in [9.17, 15) is 9.59 Å². The van der Waals surface area contributed by atoms with E-state index in [2.05, 4.69) is 18.1 Å². The van der Waals surface area contributed by atoms with Crippen molar-refractivity contribution in [2.45, 2.75) is 44.7 Å². The summed E-state index contributed by atoms with van der Waals surface area (Å²) < 4.78 is 1.32. The lowest BCUT2D eigenvalue weighted by molar-refractivity contribution is -0.135. The first-order valence-electron chi connectivity index (χ1n) is 9.28. The molecule has 0 saturated carbocycles. The van der Waals surface area contributed by atoms with Gasteiger partial charge in [0.1, 0.15) is 6.04 Å². The minimum Gasteiger partial charge on any atom is -0.338 e. The Morgan fingerprint density at radius 1 is 1.15 bits per heavy atom. The molecule has 2 aliphatic rings. The Morgan fingerprint density at radius 2 is 1.96 bits per heavy atom. The highest BCUT2D eigenvalue weighted by Gasteiger charge is 2.39. The lowest BCUT2D eigenvalue weighted by Gasteiger charge is -2.37. The average molecular weight is 352 g/mol. The van der Waals surface area contributed by atoms with Crippen LogP contribution in [0.25, 0.3) is 0 Å². The summed E-state index contributed by atoms with van der Waals surface area (Å²) in [5.74, 6) is 0.795. The standard InChI is InChI=1S/C20H24N4O2/c1-14-7-5-6-12-23(14)20(26)17-13-15-8-3-4-9-16(15)24(17)18-10-11-19(25)22(2)21-18/h3-4,8-11,14,17H,5-7,12-13H2,1-2H3. The van der Waals surface area contributed by atoms with Crippen LogP contribution in [0.4, 0.5) is 11.5 Å². The summed E-state index contributed by atoms with van der Waals surface area (Å²) in [5, 5.41) is 4.41. The van der Waals surface area contributed by atoms with E-state index in [1.165, 1.54) is 17.2 Å². The van der Waals surface area contributed by atoms with Gasteiger partial charge in [-0.2, -0.15) is 5.10 Å². The number of likely N-dealkylation sites (tertiary alicyclic amines) is 1. The summed E-state index contributed by atoms with van der Waals surface area (Å²) in [5.41, 5.74) is 1.99. The number of para-hydroxylation sites is 1. The molecule has 3 heterocycles. The molecule has 1 amide bonds. The van der Waals surface area contributed by atoms with Gasteiger partial charge in [0.25, 0.3) is 5.56 Å². The van der Waals surface area contributed by atoms with Gasteiger partial charge in [0.2, 0.25) is 5.91 Å². The minimum absolute atomic E-state index is 0.157. The van der Waals surface area contributed by atoms with Crippen molar-refractivity contribution in [2.75, 3.05) is 11.4 Å². The topological polar surface area (TPSA) is 58.4 Å². The molecule has 2 aliphatic heterocycles. The number of amides is 1. The Labute approximate surface area is 153 Å². The highest BCUT2D eigenvalue weighted by atomic mass is 16.2. The summed E-state index contributed by atoms with van der Waals surface area (Å²) in [4.78, 5) is 29.2. The number of aryl methyl sites for hydroxylation is 1. The van der Waals surface area contributed by atoms with Crippen LogP contribution in [0, 0.1) is 0 Å². The Kier molecular flexibility index (Phi) is 4.26. The molecule has 6 heteroatoms. The quantitative estimate of drug-likeness (QED) is 0.832. The van der Waals surface area contributed by atoms with Crippen molar-refractivity contribution < 1.29 is 4.79 Å². The fraction of sp³-hybridized carbons (Fsp3) is 0.450. The molecule has 0 radical (unpaired) electrons. The van der Waals surface area contributed by atoms with E-state index in [1.54, 1.807) is 13.1 Å². The number of anilines is 2. The Hall–Kier alpha value is -2.63. The molecule has 136 valence electrons. The molecule has 0 N–H and O–H groups in total. The van der Waals surface area contributed by atoms with Crippen LogP contribution in [0.5, 0.6) is 0 Å². The van der Waals surface area contributed by atoms with Crippen molar-refractivity contribution in [3.8, 4) is 0 Å². The number of fused-ring (bicyclic) bond motifs is 1. The third-order valence-electron chi connectivity index (χ3n) is 5.54. The van der Waals surface area contributed by atoms with Crippen LogP contribution in [0.3, 0.4) is 0 Å². The van der Waals surface area contributed by atoms with Gasteiger partial charge in [0.05, 0.1) is 0 Å². The van der Waals surface area contributed by atoms with Crippen molar-refractivity contribution in [1.29, 1.82) is 0 Å². The van der Waals surface area contributed by atoms with Crippen LogP contribution in [0.2, 0.25) is 0 Å². The maximum absolute atomic E-state index is 13.4. The van der Waals surface area contributed by atoms with Gasteiger partial charge in [-0.3, -0.25) is 9.59 Å². The molecule has 2 aromatic rings. The number of benzene rings is 1. The lowest BCUT2D eigenvalue weighted by atomic mass is 10.0. The van der Waals surface area contributed by atoms with Gasteiger partial charge in [-0.05, 0) is 43.9 Å². The molecule has 0 aliphatic carbocycles. The molecule has 6 nitrogen and oxygen atoms in total. The maximum atomic E-state index is 13.4. The van der Waals surface area contributed by atoms with Gasteiger partial charge < -0.3 is 9.80 Å². The van der Waals surface area contributed by atoms with Crippen LogP contribution in [0.15, 0.2) is 41.2 Å². The second kappa shape index (κ2) is 6.59. The van der Waals surface area contributed by atoms with Crippen molar-refractivity contribution in [3.05, 3.63) is 52.3 Å². The van der Waals surface area contributed by atoms with Crippen LogP contribution in [-0.2, 0) is 18.3 Å². The molecule has 4 rings (SSSR count). The summed E-state index contributed by atoms with van der Waals surface area (Å²) in [6.07, 6.45) is 3.97. The fourth-order valence-electron chi connectivity index (χ4n) is 4.10. The van der Waals surface area contributed by atoms with Crippen molar-refractivity contribution in [1.82, 2.24) is 14.7 Å². The zero-order valence-corrected chi connectivity index (χ0v) is 15.3. The number of hydrogen-bond donors (Lipinski definition) is 0. The lowest BCUT2D eigenvalue weighted by Crippen LogP contribution is -2.51. The van der Waals surface area contributed by atoms with Gasteiger partial charge >= 0.3 is 0 Å². The molecular weight excluding hydrogens is 328 g/mol. The second-order valence-electron chi connectivity index (χ2n) is 7.25. The van der Waals surface area contributed by atoms with Crippen LogP contribution in [0.1, 0.15) is 31.7 Å². The molecule has 1 fully saturated rings. The molecule has 1 aromatic heterocycles. The Balaban J connectivity index is 1.74.